The van der Waals surface area contributed by atoms with Crippen molar-refractivity contribution < 1.29 is 5.21 Å². The van der Waals surface area contributed by atoms with Gasteiger partial charge in [-0.3, -0.25) is 4.90 Å². The second-order valence-electron chi connectivity index (χ2n) is 5.86. The second-order valence-corrected chi connectivity index (χ2v) is 5.86. The van der Waals surface area contributed by atoms with E-state index in [0.717, 1.165) is 18.8 Å². The molecule has 19 heavy (non-hydrogen) atoms. The summed E-state index contributed by atoms with van der Waals surface area (Å²) in [5, 5.41) is 16.7. The summed E-state index contributed by atoms with van der Waals surface area (Å²) in [4.78, 5) is 2.48. The van der Waals surface area contributed by atoms with Crippen LogP contribution >= 0.6 is 0 Å². The maximum atomic E-state index is 9.39. The number of piperidine rings is 2. The van der Waals surface area contributed by atoms with Crippen molar-refractivity contribution in [1.82, 2.24) is 4.90 Å². The molecule has 0 bridgehead atoms. The molecular formula is C15H19N3O. The van der Waals surface area contributed by atoms with Gasteiger partial charge in [-0.2, -0.15) is 0 Å². The first kappa shape index (κ1) is 11.3. The first-order valence-electron chi connectivity index (χ1n) is 7.19. The van der Waals surface area contributed by atoms with E-state index in [1.807, 2.05) is 0 Å². The lowest BCUT2D eigenvalue weighted by molar-refractivity contribution is 0.132. The molecule has 0 aliphatic carbocycles. The highest BCUT2D eigenvalue weighted by Gasteiger charge is 2.47. The molecule has 0 saturated carbocycles. The fourth-order valence-corrected chi connectivity index (χ4v) is 4.08. The van der Waals surface area contributed by atoms with E-state index in [1.54, 1.807) is 0 Å². The predicted molar refractivity (Wildman–Crippen MR) is 75.0 cm³/mol. The molecule has 4 heteroatoms. The number of benzene rings is 1. The molecule has 3 aliphatic rings. The van der Waals surface area contributed by atoms with Crippen molar-refractivity contribution in [2.45, 2.75) is 37.3 Å². The normalized spacial score (nSPS) is 35.4. The van der Waals surface area contributed by atoms with Crippen molar-refractivity contribution >= 4 is 11.4 Å². The Kier molecular flexibility index (Phi) is 2.52. The van der Waals surface area contributed by atoms with E-state index in [9.17, 15) is 5.21 Å². The van der Waals surface area contributed by atoms with Crippen LogP contribution in [0.3, 0.4) is 0 Å². The molecule has 2 saturated heterocycles. The Bertz CT molecular complexity index is 528. The van der Waals surface area contributed by atoms with Crippen molar-refractivity contribution in [1.29, 1.82) is 0 Å². The molecule has 0 aromatic heterocycles. The van der Waals surface area contributed by atoms with Gasteiger partial charge in [0.15, 0.2) is 0 Å². The van der Waals surface area contributed by atoms with Gasteiger partial charge in [-0.15, -0.1) is 0 Å². The highest BCUT2D eigenvalue weighted by atomic mass is 16.4. The van der Waals surface area contributed by atoms with E-state index in [4.69, 9.17) is 0 Å². The minimum absolute atomic E-state index is 0.251. The Balaban J connectivity index is 1.77. The van der Waals surface area contributed by atoms with Crippen molar-refractivity contribution in [2.75, 3.05) is 18.4 Å². The summed E-state index contributed by atoms with van der Waals surface area (Å²) in [6.45, 7) is 1.95. The Labute approximate surface area is 113 Å². The summed E-state index contributed by atoms with van der Waals surface area (Å²) >= 11 is 0. The van der Waals surface area contributed by atoms with Crippen molar-refractivity contribution in [2.24, 2.45) is 5.16 Å². The minimum atomic E-state index is 0.251. The fourth-order valence-electron chi connectivity index (χ4n) is 4.08. The summed E-state index contributed by atoms with van der Waals surface area (Å²) < 4.78 is 0. The third kappa shape index (κ3) is 1.59. The van der Waals surface area contributed by atoms with Crippen LogP contribution in [0.15, 0.2) is 29.4 Å². The van der Waals surface area contributed by atoms with Crippen LogP contribution in [0, 0.1) is 0 Å². The van der Waals surface area contributed by atoms with Gasteiger partial charge in [0.05, 0.1) is 17.7 Å². The SMILES string of the molecule is ON=C1CN2CCCCC2C2Nc3ccccc3C12. The molecule has 0 radical (unpaired) electrons. The quantitative estimate of drug-likeness (QED) is 0.553. The zero-order valence-corrected chi connectivity index (χ0v) is 10.9. The zero-order valence-electron chi connectivity index (χ0n) is 10.9. The molecule has 3 unspecified atom stereocenters. The van der Waals surface area contributed by atoms with Crippen molar-refractivity contribution in [3.05, 3.63) is 29.8 Å². The molecule has 2 N–H and O–H groups in total. The number of oxime groups is 1. The van der Waals surface area contributed by atoms with E-state index in [2.05, 4.69) is 39.6 Å². The van der Waals surface area contributed by atoms with Crippen LogP contribution in [0.4, 0.5) is 5.69 Å². The van der Waals surface area contributed by atoms with Gasteiger partial charge in [0, 0.05) is 18.3 Å². The lowest BCUT2D eigenvalue weighted by Crippen LogP contribution is -2.58. The number of hydrogen-bond acceptors (Lipinski definition) is 4. The van der Waals surface area contributed by atoms with E-state index in [-0.39, 0.29) is 5.92 Å². The summed E-state index contributed by atoms with van der Waals surface area (Å²) in [6, 6.07) is 9.39. The number of rotatable bonds is 0. The first-order valence-corrected chi connectivity index (χ1v) is 7.19. The van der Waals surface area contributed by atoms with Crippen LogP contribution < -0.4 is 5.32 Å². The average Bonchev–Trinajstić information content (AvgIpc) is 2.86. The Morgan fingerprint density at radius 2 is 2.16 bits per heavy atom. The summed E-state index contributed by atoms with van der Waals surface area (Å²) in [5.41, 5.74) is 3.43. The predicted octanol–water partition coefficient (Wildman–Crippen LogP) is 2.26. The number of anilines is 1. The molecule has 3 atom stereocenters. The average molecular weight is 257 g/mol. The molecule has 4 nitrogen and oxygen atoms in total. The lowest BCUT2D eigenvalue weighted by Gasteiger charge is -2.45. The van der Waals surface area contributed by atoms with E-state index in [1.165, 1.54) is 30.5 Å². The van der Waals surface area contributed by atoms with Crippen LogP contribution in [0.25, 0.3) is 0 Å². The monoisotopic (exact) mass is 257 g/mol. The molecule has 4 rings (SSSR count). The van der Waals surface area contributed by atoms with Gasteiger partial charge < -0.3 is 10.5 Å². The van der Waals surface area contributed by atoms with Gasteiger partial charge in [0.2, 0.25) is 0 Å². The molecular weight excluding hydrogens is 238 g/mol. The topological polar surface area (TPSA) is 47.9 Å². The maximum Gasteiger partial charge on any atom is 0.0807 e. The number of nitrogens with zero attached hydrogens (tertiary/aromatic N) is 2. The van der Waals surface area contributed by atoms with E-state index < -0.39 is 0 Å². The summed E-state index contributed by atoms with van der Waals surface area (Å²) in [5.74, 6) is 0.251. The number of hydrogen-bond donors (Lipinski definition) is 2. The lowest BCUT2D eigenvalue weighted by atomic mass is 9.79. The summed E-state index contributed by atoms with van der Waals surface area (Å²) in [6.07, 6.45) is 3.83. The Hall–Kier alpha value is -1.55. The van der Waals surface area contributed by atoms with Crippen LogP contribution in [0.5, 0.6) is 0 Å². The molecule has 2 fully saturated rings. The third-order valence-corrected chi connectivity index (χ3v) is 4.91. The summed E-state index contributed by atoms with van der Waals surface area (Å²) in [7, 11) is 0. The molecule has 3 heterocycles. The van der Waals surface area contributed by atoms with Gasteiger partial charge >= 0.3 is 0 Å². The van der Waals surface area contributed by atoms with E-state index in [0.29, 0.717) is 12.1 Å². The number of para-hydroxylation sites is 1. The molecule has 100 valence electrons. The molecule has 1 aromatic rings. The smallest absolute Gasteiger partial charge is 0.0807 e. The molecule has 3 aliphatic heterocycles. The van der Waals surface area contributed by atoms with Gasteiger partial charge in [-0.25, -0.2) is 0 Å². The number of nitrogens with one attached hydrogen (secondary N) is 1. The van der Waals surface area contributed by atoms with Gasteiger partial charge in [-0.05, 0) is 31.0 Å². The van der Waals surface area contributed by atoms with Crippen LogP contribution in [-0.2, 0) is 0 Å². The van der Waals surface area contributed by atoms with Crippen molar-refractivity contribution in [3.8, 4) is 0 Å². The Morgan fingerprint density at radius 1 is 1.26 bits per heavy atom. The highest BCUT2D eigenvalue weighted by molar-refractivity contribution is 5.97. The first-order chi connectivity index (χ1) is 9.38. The van der Waals surface area contributed by atoms with Gasteiger partial charge in [0.25, 0.3) is 0 Å². The minimum Gasteiger partial charge on any atom is -0.411 e. The molecule has 0 spiro atoms. The van der Waals surface area contributed by atoms with Crippen LogP contribution in [0.1, 0.15) is 30.7 Å². The highest BCUT2D eigenvalue weighted by Crippen LogP contribution is 2.43. The third-order valence-electron chi connectivity index (χ3n) is 4.91. The van der Waals surface area contributed by atoms with Gasteiger partial charge in [-0.1, -0.05) is 29.8 Å². The number of fused-ring (bicyclic) bond motifs is 5. The standard InChI is InChI=1S/C15H19N3O/c19-17-12-9-18-8-4-3-7-13(18)15-14(12)10-5-1-2-6-11(10)16-15/h1-2,5-6,13-16,19H,3-4,7-9H2. The van der Waals surface area contributed by atoms with E-state index >= 15 is 0 Å². The van der Waals surface area contributed by atoms with Crippen LogP contribution in [-0.4, -0.2) is 41.0 Å². The maximum absolute atomic E-state index is 9.39. The largest absolute Gasteiger partial charge is 0.411 e. The molecule has 0 amide bonds. The molecule has 1 aromatic carbocycles. The van der Waals surface area contributed by atoms with Crippen LogP contribution in [0.2, 0.25) is 0 Å². The van der Waals surface area contributed by atoms with Crippen molar-refractivity contribution in [3.63, 3.8) is 0 Å². The fraction of sp³-hybridized carbons (Fsp3) is 0.533. The van der Waals surface area contributed by atoms with Gasteiger partial charge in [0.1, 0.15) is 0 Å². The Morgan fingerprint density at radius 3 is 3.05 bits per heavy atom. The zero-order chi connectivity index (χ0) is 12.8. The second kappa shape index (κ2) is 4.23.